The van der Waals surface area contributed by atoms with Crippen molar-refractivity contribution in [2.45, 2.75) is 25.8 Å². The third-order valence-electron chi connectivity index (χ3n) is 4.40. The highest BCUT2D eigenvalue weighted by atomic mass is 16.2. The van der Waals surface area contributed by atoms with Crippen LogP contribution in [-0.2, 0) is 0 Å². The Morgan fingerprint density at radius 1 is 1.30 bits per heavy atom. The molecule has 0 unspecified atom stereocenters. The number of H-pyrrole nitrogens is 1. The number of nitrogens with zero attached hydrogens (tertiary/aromatic N) is 3. The van der Waals surface area contributed by atoms with E-state index in [9.17, 15) is 4.79 Å². The van der Waals surface area contributed by atoms with Gasteiger partial charge in [0.05, 0.1) is 11.6 Å². The summed E-state index contributed by atoms with van der Waals surface area (Å²) in [6, 6.07) is 9.61. The number of benzene rings is 1. The number of carbonyl (C=O) groups is 1. The topological polar surface area (TPSA) is 61.9 Å². The lowest BCUT2D eigenvalue weighted by molar-refractivity contribution is 0.0730. The highest BCUT2D eigenvalue weighted by Crippen LogP contribution is 2.31. The van der Waals surface area contributed by atoms with Crippen LogP contribution in [0.1, 0.15) is 40.8 Å². The lowest BCUT2D eigenvalue weighted by atomic mass is 10.1. The Kier molecular flexibility index (Phi) is 3.33. The summed E-state index contributed by atoms with van der Waals surface area (Å²) >= 11 is 0. The zero-order chi connectivity index (χ0) is 15.8. The number of fused-ring (bicyclic) bond motifs is 1. The number of carbonyl (C=O) groups excluding carboxylic acids is 1. The van der Waals surface area contributed by atoms with Crippen molar-refractivity contribution in [1.29, 1.82) is 0 Å². The maximum absolute atomic E-state index is 12.9. The van der Waals surface area contributed by atoms with Gasteiger partial charge in [0.2, 0.25) is 0 Å². The van der Waals surface area contributed by atoms with Gasteiger partial charge < -0.3 is 9.88 Å². The molecule has 3 heterocycles. The van der Waals surface area contributed by atoms with Crippen LogP contribution in [0.3, 0.4) is 0 Å². The van der Waals surface area contributed by atoms with Crippen LogP contribution in [0, 0.1) is 6.92 Å². The number of nitrogens with one attached hydrogen (secondary N) is 1. The normalized spacial score (nSPS) is 17.8. The Bertz CT molecular complexity index is 870. The number of rotatable bonds is 2. The summed E-state index contributed by atoms with van der Waals surface area (Å²) < 4.78 is 0. The first-order valence-corrected chi connectivity index (χ1v) is 7.89. The molecule has 1 atom stereocenters. The molecule has 5 nitrogen and oxygen atoms in total. The highest BCUT2D eigenvalue weighted by molar-refractivity contribution is 5.98. The lowest BCUT2D eigenvalue weighted by Crippen LogP contribution is -2.31. The van der Waals surface area contributed by atoms with E-state index in [4.69, 9.17) is 0 Å². The van der Waals surface area contributed by atoms with Crippen molar-refractivity contribution >= 4 is 16.8 Å². The summed E-state index contributed by atoms with van der Waals surface area (Å²) in [5, 5.41) is 0.989. The minimum Gasteiger partial charge on any atom is -0.344 e. The Hall–Kier alpha value is -2.69. The minimum absolute atomic E-state index is 0.0424. The minimum atomic E-state index is 0.0424. The second kappa shape index (κ2) is 5.50. The molecule has 4 rings (SSSR count). The predicted octanol–water partition coefficient (Wildman–Crippen LogP) is 3.24. The van der Waals surface area contributed by atoms with Gasteiger partial charge in [-0.15, -0.1) is 0 Å². The van der Waals surface area contributed by atoms with Crippen molar-refractivity contribution in [3.05, 3.63) is 59.8 Å². The molecule has 116 valence electrons. The lowest BCUT2D eigenvalue weighted by Gasteiger charge is -2.23. The number of aryl methyl sites for hydroxylation is 1. The molecule has 2 aromatic heterocycles. The van der Waals surface area contributed by atoms with Gasteiger partial charge in [-0.25, -0.2) is 4.98 Å². The quantitative estimate of drug-likeness (QED) is 0.790. The van der Waals surface area contributed by atoms with Crippen molar-refractivity contribution in [3.8, 4) is 0 Å². The summed E-state index contributed by atoms with van der Waals surface area (Å²) in [5.41, 5.74) is 2.64. The van der Waals surface area contributed by atoms with Crippen molar-refractivity contribution in [2.24, 2.45) is 0 Å². The van der Waals surface area contributed by atoms with E-state index in [0.717, 1.165) is 41.8 Å². The van der Waals surface area contributed by atoms with E-state index in [1.807, 2.05) is 48.4 Å². The maximum Gasteiger partial charge on any atom is 0.254 e. The van der Waals surface area contributed by atoms with E-state index < -0.39 is 0 Å². The molecule has 1 fully saturated rings. The number of pyridine rings is 1. The first kappa shape index (κ1) is 13.9. The molecule has 0 bridgehead atoms. The van der Waals surface area contributed by atoms with Crippen LogP contribution in [-0.4, -0.2) is 32.3 Å². The molecule has 1 amide bonds. The van der Waals surface area contributed by atoms with Gasteiger partial charge in [-0.3, -0.25) is 9.78 Å². The van der Waals surface area contributed by atoms with Crippen LogP contribution in [0.2, 0.25) is 0 Å². The van der Waals surface area contributed by atoms with Crippen molar-refractivity contribution in [3.63, 3.8) is 0 Å². The fourth-order valence-electron chi connectivity index (χ4n) is 3.27. The third kappa shape index (κ3) is 2.48. The van der Waals surface area contributed by atoms with Crippen LogP contribution in [0.4, 0.5) is 0 Å². The molecule has 1 N–H and O–H groups in total. The second-order valence-electron chi connectivity index (χ2n) is 6.02. The summed E-state index contributed by atoms with van der Waals surface area (Å²) in [6.07, 6.45) is 5.54. The number of amides is 1. The van der Waals surface area contributed by atoms with E-state index in [1.54, 1.807) is 6.20 Å². The molecule has 1 saturated heterocycles. The van der Waals surface area contributed by atoms with Gasteiger partial charge in [0.25, 0.3) is 5.91 Å². The fourth-order valence-corrected chi connectivity index (χ4v) is 3.27. The number of hydrogen-bond acceptors (Lipinski definition) is 3. The molecule has 1 aromatic carbocycles. The molecule has 0 aliphatic carbocycles. The third-order valence-corrected chi connectivity index (χ3v) is 4.40. The van der Waals surface area contributed by atoms with Gasteiger partial charge in [0.15, 0.2) is 0 Å². The van der Waals surface area contributed by atoms with Crippen LogP contribution in [0.5, 0.6) is 0 Å². The van der Waals surface area contributed by atoms with E-state index in [0.29, 0.717) is 5.56 Å². The zero-order valence-corrected chi connectivity index (χ0v) is 13.0. The highest BCUT2D eigenvalue weighted by Gasteiger charge is 2.32. The van der Waals surface area contributed by atoms with Crippen LogP contribution in [0.15, 0.2) is 42.7 Å². The van der Waals surface area contributed by atoms with Gasteiger partial charge in [-0.05, 0) is 44.0 Å². The first-order chi connectivity index (χ1) is 11.2. The number of aromatic amines is 1. The Morgan fingerprint density at radius 2 is 2.22 bits per heavy atom. The van der Waals surface area contributed by atoms with Crippen molar-refractivity contribution in [2.75, 3.05) is 6.54 Å². The predicted molar refractivity (Wildman–Crippen MR) is 88.1 cm³/mol. The van der Waals surface area contributed by atoms with Crippen LogP contribution >= 0.6 is 0 Å². The average molecular weight is 306 g/mol. The Morgan fingerprint density at radius 3 is 3.04 bits per heavy atom. The van der Waals surface area contributed by atoms with Gasteiger partial charge in [-0.1, -0.05) is 6.07 Å². The number of hydrogen-bond donors (Lipinski definition) is 1. The first-order valence-electron chi connectivity index (χ1n) is 7.89. The SMILES string of the molecule is Cc1cnc([C@H]2CCCN2C(=O)c2ccc3ncccc3c2)[nH]1. The molecule has 0 radical (unpaired) electrons. The van der Waals surface area contributed by atoms with Gasteiger partial charge in [0.1, 0.15) is 5.82 Å². The summed E-state index contributed by atoms with van der Waals surface area (Å²) in [6.45, 7) is 2.75. The van der Waals surface area contributed by atoms with Gasteiger partial charge >= 0.3 is 0 Å². The van der Waals surface area contributed by atoms with E-state index >= 15 is 0 Å². The molecule has 1 aliphatic heterocycles. The van der Waals surface area contributed by atoms with E-state index in [2.05, 4.69) is 15.0 Å². The molecule has 23 heavy (non-hydrogen) atoms. The zero-order valence-electron chi connectivity index (χ0n) is 13.0. The van der Waals surface area contributed by atoms with E-state index in [1.165, 1.54) is 0 Å². The molecule has 0 spiro atoms. The van der Waals surface area contributed by atoms with Crippen molar-refractivity contribution < 1.29 is 4.79 Å². The molecule has 0 saturated carbocycles. The maximum atomic E-state index is 12.9. The summed E-state index contributed by atoms with van der Waals surface area (Å²) in [7, 11) is 0. The van der Waals surface area contributed by atoms with Crippen LogP contribution < -0.4 is 0 Å². The van der Waals surface area contributed by atoms with E-state index in [-0.39, 0.29) is 11.9 Å². The number of imidazole rings is 1. The monoisotopic (exact) mass is 306 g/mol. The van der Waals surface area contributed by atoms with Gasteiger partial charge in [0, 0.05) is 35.6 Å². The average Bonchev–Trinajstić information content (AvgIpc) is 3.22. The van der Waals surface area contributed by atoms with Crippen LogP contribution in [0.25, 0.3) is 10.9 Å². The Balaban J connectivity index is 1.66. The summed E-state index contributed by atoms with van der Waals surface area (Å²) in [5.74, 6) is 0.947. The molecule has 5 heteroatoms. The summed E-state index contributed by atoms with van der Waals surface area (Å²) in [4.78, 5) is 26.9. The fraction of sp³-hybridized carbons (Fsp3) is 0.278. The van der Waals surface area contributed by atoms with Gasteiger partial charge in [-0.2, -0.15) is 0 Å². The number of likely N-dealkylation sites (tertiary alicyclic amines) is 1. The van der Waals surface area contributed by atoms with Crippen molar-refractivity contribution in [1.82, 2.24) is 19.9 Å². The Labute approximate surface area is 134 Å². The second-order valence-corrected chi connectivity index (χ2v) is 6.02. The largest absolute Gasteiger partial charge is 0.344 e. The molecular weight excluding hydrogens is 288 g/mol. The molecule has 1 aliphatic rings. The standard InChI is InChI=1S/C18H18N4O/c1-12-11-20-17(21-12)16-5-3-9-22(16)18(23)14-6-7-15-13(10-14)4-2-8-19-15/h2,4,6-8,10-11,16H,3,5,9H2,1H3,(H,20,21)/t16-/m1/s1. The molecular formula is C18H18N4O. The smallest absolute Gasteiger partial charge is 0.254 e. The molecule has 3 aromatic rings. The number of aromatic nitrogens is 3.